The van der Waals surface area contributed by atoms with E-state index in [1.54, 1.807) is 7.11 Å². The van der Waals surface area contributed by atoms with Crippen LogP contribution in [0.3, 0.4) is 0 Å². The number of rotatable bonds is 9. The molecule has 0 fully saturated rings. The summed E-state index contributed by atoms with van der Waals surface area (Å²) in [4.78, 5) is 0. The van der Waals surface area contributed by atoms with Crippen LogP contribution < -0.4 is 0 Å². The van der Waals surface area contributed by atoms with Gasteiger partial charge in [-0.2, -0.15) is 0 Å². The van der Waals surface area contributed by atoms with Gasteiger partial charge in [-0.05, 0) is 0 Å². The van der Waals surface area contributed by atoms with Crippen LogP contribution >= 0.6 is 0 Å². The van der Waals surface area contributed by atoms with Crippen LogP contribution in [0, 0.1) is 0 Å². The molecule has 0 aliphatic rings. The first-order chi connectivity index (χ1) is 5.91. The highest BCUT2D eigenvalue weighted by Gasteiger charge is 2.04. The Hall–Kier alpha value is 2.46. The molecule has 0 N–H and O–H groups in total. The zero-order valence-corrected chi connectivity index (χ0v) is 12.7. The van der Waals surface area contributed by atoms with Crippen LogP contribution in [0.25, 0.3) is 0 Å². The average Bonchev–Trinajstić information content (AvgIpc) is 2.10. The Morgan fingerprint density at radius 3 is 1.75 bits per heavy atom. The molecule has 0 unspecified atom stereocenters. The van der Waals surface area contributed by atoms with E-state index in [1.165, 1.54) is 0 Å². The highest BCUT2D eigenvalue weighted by atomic mass is 27.3. The number of hydrogen-bond donors (Lipinski definition) is 0. The summed E-state index contributed by atoms with van der Waals surface area (Å²) in [5.41, 5.74) is 0. The van der Waals surface area contributed by atoms with Gasteiger partial charge in [-0.25, -0.2) is 0 Å². The van der Waals surface area contributed by atoms with Gasteiger partial charge in [0.25, 0.3) is 0 Å². The van der Waals surface area contributed by atoms with Crippen molar-refractivity contribution < 1.29 is 15.1 Å². The minimum atomic E-state index is -0.403. The molecule has 0 rings (SSSR count). The first kappa shape index (κ1) is 14.5. The Morgan fingerprint density at radius 2 is 1.25 bits per heavy atom. The van der Waals surface area contributed by atoms with E-state index < -0.39 is 31.8 Å². The molecule has 0 atom stereocenters. The van der Waals surface area contributed by atoms with E-state index in [9.17, 15) is 0 Å². The highest BCUT2D eigenvalue weighted by Crippen LogP contribution is 1.74. The van der Waals surface area contributed by atoms with Crippen molar-refractivity contribution in [2.75, 3.05) is 7.11 Å². The van der Waals surface area contributed by atoms with Gasteiger partial charge in [-0.1, -0.05) is 5.79 Å². The molecule has 12 heavy (non-hydrogen) atoms. The topological polar surface area (TPSA) is 46.2 Å². The van der Waals surface area contributed by atoms with Gasteiger partial charge in [0, 0.05) is 7.11 Å². The summed E-state index contributed by atoms with van der Waals surface area (Å²) in [6, 6.07) is 0. The fraction of sp³-hybridized carbons (Fsp3) is 1.00. The molecule has 10 heteroatoms. The van der Waals surface area contributed by atoms with Crippen molar-refractivity contribution in [1.29, 1.82) is 0 Å². The summed E-state index contributed by atoms with van der Waals surface area (Å²) in [7, 11) is 1.61. The smallest absolute Gasteiger partial charge is 0.627 e. The third-order valence-corrected chi connectivity index (χ3v) is 5.01. The standard InChI is InChI=1S/CH3O.CH3.5Al.4O/c1-2;;;;;;;;;;/h1H3;1H3;;;;;;;;;/q-1;;;;;;+1;;;;. The summed E-state index contributed by atoms with van der Waals surface area (Å²) in [6.45, 7) is 0. The van der Waals surface area contributed by atoms with Gasteiger partial charge in [0.2, 0.25) is 0 Å². The Labute approximate surface area is 106 Å². The monoisotopic (exact) mass is 245 g/mol. The molecule has 0 bridgehead atoms. The second-order valence-electron chi connectivity index (χ2n) is 1.40. The van der Waals surface area contributed by atoms with Gasteiger partial charge in [-0.15, -0.1) is 0 Å². The van der Waals surface area contributed by atoms with Crippen molar-refractivity contribution in [3.63, 3.8) is 0 Å². The molecule has 5 nitrogen and oxygen atoms in total. The van der Waals surface area contributed by atoms with Crippen molar-refractivity contribution in [2.24, 2.45) is 0 Å². The average molecular weight is 245 g/mol. The summed E-state index contributed by atoms with van der Waals surface area (Å²) in [5.74, 6) is 2.02. The van der Waals surface area contributed by atoms with Crippen LogP contribution in [0.4, 0.5) is 0 Å². The van der Waals surface area contributed by atoms with Gasteiger partial charge >= 0.3 is 79.1 Å². The molecule has 0 aromatic carbocycles. The summed E-state index contributed by atoms with van der Waals surface area (Å²) in [6.07, 6.45) is 0. The first-order valence-electron chi connectivity index (χ1n) is 3.11. The van der Waals surface area contributed by atoms with Crippen molar-refractivity contribution in [3.05, 3.63) is 0 Å². The SMILES string of the molecule is C[O][Al][O][Al][O][Al][O][Al][O][Al][CH3]. The van der Waals surface area contributed by atoms with E-state index in [-0.39, 0.29) is 47.3 Å². The molecule has 0 spiro atoms. The molecule has 0 aromatic rings. The summed E-state index contributed by atoms with van der Waals surface area (Å²) >= 11 is -1.36. The van der Waals surface area contributed by atoms with Crippen molar-refractivity contribution in [2.45, 2.75) is 5.79 Å². The molecular weight excluding hydrogens is 239 g/mol. The van der Waals surface area contributed by atoms with Crippen LogP contribution in [-0.2, 0) is 15.1 Å². The molecule has 0 heterocycles. The molecular formula is C2H6Al5O5. The lowest BCUT2D eigenvalue weighted by Crippen LogP contribution is -2.17. The third-order valence-electron chi connectivity index (χ3n) is 0.621. The first-order valence-corrected chi connectivity index (χ1v) is 8.50. The maximum atomic E-state index is 5.11. The van der Waals surface area contributed by atoms with E-state index in [2.05, 4.69) is 0 Å². The van der Waals surface area contributed by atoms with Crippen LogP contribution in [0.2, 0.25) is 5.79 Å². The summed E-state index contributed by atoms with van der Waals surface area (Å²) < 4.78 is 25.1. The second kappa shape index (κ2) is 13.5. The van der Waals surface area contributed by atoms with E-state index in [1.807, 2.05) is 5.79 Å². The summed E-state index contributed by atoms with van der Waals surface area (Å²) in [5, 5.41) is 0. The zero-order valence-electron chi connectivity index (χ0n) is 6.93. The fourth-order valence-electron chi connectivity index (χ4n) is 0.275. The molecule has 0 saturated heterocycles. The molecule has 5 radical (unpaired) electrons. The van der Waals surface area contributed by atoms with Crippen molar-refractivity contribution >= 4 is 79.1 Å². The molecule has 0 aliphatic carbocycles. The molecule has 0 saturated carbocycles. The van der Waals surface area contributed by atoms with Crippen LogP contribution in [0.15, 0.2) is 0 Å². The van der Waals surface area contributed by atoms with Gasteiger partial charge in [-0.3, -0.25) is 0 Å². The van der Waals surface area contributed by atoms with E-state index in [4.69, 9.17) is 15.1 Å². The Balaban J connectivity index is 2.73. The zero-order chi connectivity index (χ0) is 9.07. The number of hydrogen-bond acceptors (Lipinski definition) is 5. The van der Waals surface area contributed by atoms with Crippen LogP contribution in [0.1, 0.15) is 0 Å². The minimum Gasteiger partial charge on any atom is -0.627 e. The Morgan fingerprint density at radius 1 is 0.750 bits per heavy atom. The van der Waals surface area contributed by atoms with Gasteiger partial charge in [0.05, 0.1) is 0 Å². The third kappa shape index (κ3) is 12.5. The minimum absolute atomic E-state index is 0.0977. The largest absolute Gasteiger partial charge is 0.636 e. The van der Waals surface area contributed by atoms with Gasteiger partial charge < -0.3 is 15.1 Å². The molecule has 0 aliphatic heterocycles. The second-order valence-corrected chi connectivity index (χ2v) is 7.47. The van der Waals surface area contributed by atoms with Crippen LogP contribution in [0.5, 0.6) is 0 Å². The van der Waals surface area contributed by atoms with E-state index in [0.717, 1.165) is 0 Å². The quantitative estimate of drug-likeness (QED) is 0.365. The van der Waals surface area contributed by atoms with E-state index >= 15 is 0 Å². The predicted molar refractivity (Wildman–Crippen MR) is 46.0 cm³/mol. The van der Waals surface area contributed by atoms with E-state index in [0.29, 0.717) is 0 Å². The maximum Gasteiger partial charge on any atom is 0.636 e. The van der Waals surface area contributed by atoms with Gasteiger partial charge in [0.1, 0.15) is 0 Å². The molecule has 0 aromatic heterocycles. The van der Waals surface area contributed by atoms with Crippen molar-refractivity contribution in [3.8, 4) is 0 Å². The molecule has 59 valence electrons. The molecule has 0 amide bonds. The lowest BCUT2D eigenvalue weighted by molar-refractivity contribution is 0.343. The van der Waals surface area contributed by atoms with Crippen molar-refractivity contribution in [1.82, 2.24) is 0 Å². The fourth-order valence-corrected chi connectivity index (χ4v) is 4.21. The maximum absolute atomic E-state index is 5.11. The van der Waals surface area contributed by atoms with Crippen LogP contribution in [-0.4, -0.2) is 86.2 Å². The highest BCUT2D eigenvalue weighted by molar-refractivity contribution is 6.46. The Bertz CT molecular complexity index is 74.2. The lowest BCUT2D eigenvalue weighted by Gasteiger charge is -2.03. The normalized spacial score (nSPS) is 8.83. The Kier molecular flexibility index (Phi) is 16.2. The lowest BCUT2D eigenvalue weighted by atomic mass is 11.8. The van der Waals surface area contributed by atoms with Gasteiger partial charge in [0.15, 0.2) is 0 Å². The predicted octanol–water partition coefficient (Wildman–Crippen LogP) is -1.50.